The van der Waals surface area contributed by atoms with Crippen LogP contribution in [0, 0.1) is 0 Å². The van der Waals surface area contributed by atoms with Gasteiger partial charge in [0, 0.05) is 19.5 Å². The van der Waals surface area contributed by atoms with Gasteiger partial charge in [-0.3, -0.25) is 4.79 Å². The Kier molecular flexibility index (Phi) is 7.64. The number of halogens is 1. The Bertz CT molecular complexity index is 430. The lowest BCUT2D eigenvalue weighted by atomic mass is 10.3. The van der Waals surface area contributed by atoms with Crippen molar-refractivity contribution in [3.63, 3.8) is 0 Å². The molecule has 0 bridgehead atoms. The van der Waals surface area contributed by atoms with Gasteiger partial charge in [0.2, 0.25) is 17.2 Å². The Labute approximate surface area is 123 Å². The fourth-order valence-electron chi connectivity index (χ4n) is 1.41. The lowest BCUT2D eigenvalue weighted by molar-refractivity contribution is -0.143. The summed E-state index contributed by atoms with van der Waals surface area (Å²) in [6, 6.07) is 0. The molecule has 1 rings (SSSR count). The first-order valence-electron chi connectivity index (χ1n) is 6.70. The first-order valence-corrected chi connectivity index (χ1v) is 7.08. The molecular formula is C12H20ClN5O2. The zero-order chi connectivity index (χ0) is 14.8. The number of rotatable bonds is 9. The molecule has 1 heterocycles. The maximum Gasteiger partial charge on any atom is 0.305 e. The van der Waals surface area contributed by atoms with E-state index in [-0.39, 0.29) is 11.3 Å². The van der Waals surface area contributed by atoms with Gasteiger partial charge in [-0.1, -0.05) is 6.92 Å². The standard InChI is InChI=1S/C12H20ClN5O2/c1-3-7-14-11-16-10(13)17-12(18-11)15-8-5-6-9(19)20-4-2/h3-8H2,1-2H3,(H2,14,15,16,17,18). The predicted octanol–water partition coefficient (Wildman–Crippen LogP) is 2.10. The zero-order valence-corrected chi connectivity index (χ0v) is 12.5. The van der Waals surface area contributed by atoms with Gasteiger partial charge in [-0.15, -0.1) is 0 Å². The van der Waals surface area contributed by atoms with E-state index in [1.807, 2.05) is 6.92 Å². The molecule has 0 atom stereocenters. The molecule has 20 heavy (non-hydrogen) atoms. The normalized spacial score (nSPS) is 10.2. The van der Waals surface area contributed by atoms with Gasteiger partial charge >= 0.3 is 5.97 Å². The van der Waals surface area contributed by atoms with E-state index >= 15 is 0 Å². The highest BCUT2D eigenvalue weighted by atomic mass is 35.5. The highest BCUT2D eigenvalue weighted by Gasteiger charge is 2.05. The number of ether oxygens (including phenoxy) is 1. The second-order valence-electron chi connectivity index (χ2n) is 4.01. The van der Waals surface area contributed by atoms with Crippen LogP contribution in [0.25, 0.3) is 0 Å². The van der Waals surface area contributed by atoms with Crippen LogP contribution in [0.2, 0.25) is 5.28 Å². The molecule has 1 aromatic heterocycles. The fraction of sp³-hybridized carbons (Fsp3) is 0.667. The van der Waals surface area contributed by atoms with Crippen LogP contribution in [0.3, 0.4) is 0 Å². The molecule has 0 unspecified atom stereocenters. The number of hydrogen-bond acceptors (Lipinski definition) is 7. The molecular weight excluding hydrogens is 282 g/mol. The number of anilines is 2. The monoisotopic (exact) mass is 301 g/mol. The van der Waals surface area contributed by atoms with E-state index in [2.05, 4.69) is 25.6 Å². The van der Waals surface area contributed by atoms with E-state index in [1.165, 1.54) is 0 Å². The minimum atomic E-state index is -0.201. The van der Waals surface area contributed by atoms with E-state index in [1.54, 1.807) is 6.92 Å². The predicted molar refractivity (Wildman–Crippen MR) is 78.0 cm³/mol. The summed E-state index contributed by atoms with van der Waals surface area (Å²) < 4.78 is 4.84. The Morgan fingerprint density at radius 1 is 1.15 bits per heavy atom. The average molecular weight is 302 g/mol. The summed E-state index contributed by atoms with van der Waals surface area (Å²) in [5.74, 6) is 0.639. The summed E-state index contributed by atoms with van der Waals surface area (Å²) in [5, 5.41) is 6.18. The number of carbonyl (C=O) groups is 1. The van der Waals surface area contributed by atoms with Crippen molar-refractivity contribution in [2.45, 2.75) is 33.1 Å². The van der Waals surface area contributed by atoms with Gasteiger partial charge in [0.15, 0.2) is 0 Å². The van der Waals surface area contributed by atoms with Crippen molar-refractivity contribution in [3.05, 3.63) is 5.28 Å². The highest BCUT2D eigenvalue weighted by Crippen LogP contribution is 2.09. The lowest BCUT2D eigenvalue weighted by Gasteiger charge is -2.07. The molecule has 0 fully saturated rings. The number of carbonyl (C=O) groups excluding carboxylic acids is 1. The lowest BCUT2D eigenvalue weighted by Crippen LogP contribution is -2.12. The second-order valence-corrected chi connectivity index (χ2v) is 4.35. The van der Waals surface area contributed by atoms with Crippen molar-refractivity contribution in [2.24, 2.45) is 0 Å². The maximum absolute atomic E-state index is 11.2. The van der Waals surface area contributed by atoms with Gasteiger partial charge in [-0.05, 0) is 31.4 Å². The van der Waals surface area contributed by atoms with Crippen LogP contribution in [0.15, 0.2) is 0 Å². The van der Waals surface area contributed by atoms with E-state index < -0.39 is 0 Å². The molecule has 0 saturated carbocycles. The van der Waals surface area contributed by atoms with Crippen LogP contribution >= 0.6 is 11.6 Å². The fourth-order valence-corrected chi connectivity index (χ4v) is 1.57. The zero-order valence-electron chi connectivity index (χ0n) is 11.8. The van der Waals surface area contributed by atoms with Crippen molar-refractivity contribution in [2.75, 3.05) is 30.3 Å². The number of hydrogen-bond donors (Lipinski definition) is 2. The second kappa shape index (κ2) is 9.30. The third kappa shape index (κ3) is 6.51. The molecule has 7 nitrogen and oxygen atoms in total. The average Bonchev–Trinajstić information content (AvgIpc) is 2.41. The largest absolute Gasteiger partial charge is 0.466 e. The van der Waals surface area contributed by atoms with Crippen LogP contribution in [0.1, 0.15) is 33.1 Å². The first-order chi connectivity index (χ1) is 9.65. The molecule has 2 N–H and O–H groups in total. The summed E-state index contributed by atoms with van der Waals surface area (Å²) in [7, 11) is 0. The topological polar surface area (TPSA) is 89.0 Å². The number of nitrogens with zero attached hydrogens (tertiary/aromatic N) is 3. The number of aromatic nitrogens is 3. The van der Waals surface area contributed by atoms with Gasteiger partial charge in [0.25, 0.3) is 0 Å². The third-order valence-electron chi connectivity index (χ3n) is 2.29. The van der Waals surface area contributed by atoms with Crippen LogP contribution in [-0.4, -0.2) is 40.6 Å². The first kappa shape index (κ1) is 16.4. The SMILES string of the molecule is CCCNc1nc(Cl)nc(NCCCC(=O)OCC)n1. The quantitative estimate of drug-likeness (QED) is 0.533. The van der Waals surface area contributed by atoms with E-state index in [0.29, 0.717) is 37.9 Å². The molecule has 0 aromatic carbocycles. The molecule has 0 radical (unpaired) electrons. The van der Waals surface area contributed by atoms with Crippen molar-refractivity contribution < 1.29 is 9.53 Å². The molecule has 0 saturated heterocycles. The van der Waals surface area contributed by atoms with Crippen LogP contribution in [-0.2, 0) is 9.53 Å². The van der Waals surface area contributed by atoms with Crippen LogP contribution in [0.5, 0.6) is 0 Å². The maximum atomic E-state index is 11.2. The van der Waals surface area contributed by atoms with Crippen molar-refractivity contribution in [3.8, 4) is 0 Å². The molecule has 0 aliphatic heterocycles. The Morgan fingerprint density at radius 3 is 2.40 bits per heavy atom. The number of nitrogens with one attached hydrogen (secondary N) is 2. The molecule has 1 aromatic rings. The van der Waals surface area contributed by atoms with E-state index in [0.717, 1.165) is 13.0 Å². The Hall–Kier alpha value is -1.63. The Balaban J connectivity index is 2.39. The molecule has 0 aliphatic rings. The molecule has 0 spiro atoms. The number of esters is 1. The summed E-state index contributed by atoms with van der Waals surface area (Å²) in [5.41, 5.74) is 0. The van der Waals surface area contributed by atoms with Gasteiger partial charge in [-0.2, -0.15) is 15.0 Å². The summed E-state index contributed by atoms with van der Waals surface area (Å²) in [6.07, 6.45) is 1.96. The smallest absolute Gasteiger partial charge is 0.305 e. The molecule has 0 aliphatic carbocycles. The summed E-state index contributed by atoms with van der Waals surface area (Å²) >= 11 is 5.82. The molecule has 0 amide bonds. The van der Waals surface area contributed by atoms with Crippen LogP contribution < -0.4 is 10.6 Å². The van der Waals surface area contributed by atoms with Gasteiger partial charge in [0.1, 0.15) is 0 Å². The van der Waals surface area contributed by atoms with Crippen molar-refractivity contribution in [1.82, 2.24) is 15.0 Å². The summed E-state index contributed by atoms with van der Waals surface area (Å²) in [4.78, 5) is 23.3. The molecule has 8 heteroatoms. The van der Waals surface area contributed by atoms with Gasteiger partial charge in [0.05, 0.1) is 6.61 Å². The highest BCUT2D eigenvalue weighted by molar-refractivity contribution is 6.28. The minimum Gasteiger partial charge on any atom is -0.466 e. The van der Waals surface area contributed by atoms with Crippen molar-refractivity contribution >= 4 is 29.5 Å². The third-order valence-corrected chi connectivity index (χ3v) is 2.46. The van der Waals surface area contributed by atoms with E-state index in [9.17, 15) is 4.79 Å². The van der Waals surface area contributed by atoms with Crippen LogP contribution in [0.4, 0.5) is 11.9 Å². The summed E-state index contributed by atoms with van der Waals surface area (Å²) in [6.45, 7) is 5.56. The van der Waals surface area contributed by atoms with Gasteiger partial charge < -0.3 is 15.4 Å². The van der Waals surface area contributed by atoms with E-state index in [4.69, 9.17) is 16.3 Å². The Morgan fingerprint density at radius 2 is 1.80 bits per heavy atom. The molecule has 112 valence electrons. The van der Waals surface area contributed by atoms with Crippen molar-refractivity contribution in [1.29, 1.82) is 0 Å². The van der Waals surface area contributed by atoms with Gasteiger partial charge in [-0.25, -0.2) is 0 Å². The minimum absolute atomic E-state index is 0.131.